The van der Waals surface area contributed by atoms with Gasteiger partial charge in [-0.25, -0.2) is 4.39 Å². The number of carbonyl (C=O) groups is 2. The van der Waals surface area contributed by atoms with E-state index in [2.05, 4.69) is 31.4 Å². The predicted octanol–water partition coefficient (Wildman–Crippen LogP) is 7.27. The summed E-state index contributed by atoms with van der Waals surface area (Å²) in [4.78, 5) is 24.6. The summed E-state index contributed by atoms with van der Waals surface area (Å²) < 4.78 is 26.2. The zero-order valence-electron chi connectivity index (χ0n) is 27.2. The van der Waals surface area contributed by atoms with Crippen LogP contribution in [0.3, 0.4) is 0 Å². The average molecular weight is 595 g/mol. The van der Waals surface area contributed by atoms with Gasteiger partial charge in [-0.15, -0.1) is 0 Å². The fourth-order valence-electron chi connectivity index (χ4n) is 4.16. The van der Waals surface area contributed by atoms with Crippen molar-refractivity contribution >= 4 is 23.7 Å². The second-order valence-electron chi connectivity index (χ2n) is 12.1. The highest BCUT2D eigenvalue weighted by molar-refractivity contribution is 5.95. The zero-order chi connectivity index (χ0) is 31.9. The first-order valence-corrected chi connectivity index (χ1v) is 15.5. The molecule has 0 amide bonds. The average Bonchev–Trinajstić information content (AvgIpc) is 2.96. The van der Waals surface area contributed by atoms with E-state index in [1.807, 2.05) is 65.0 Å². The van der Waals surface area contributed by atoms with Crippen LogP contribution in [0.5, 0.6) is 11.5 Å². The van der Waals surface area contributed by atoms with Crippen molar-refractivity contribution in [3.63, 3.8) is 0 Å². The molecule has 0 heterocycles. The second-order valence-corrected chi connectivity index (χ2v) is 12.1. The summed E-state index contributed by atoms with van der Waals surface area (Å²) in [6, 6.07) is 12.9. The van der Waals surface area contributed by atoms with Gasteiger partial charge in [-0.2, -0.15) is 0 Å². The maximum absolute atomic E-state index is 14.4. The van der Waals surface area contributed by atoms with Crippen molar-refractivity contribution in [1.29, 1.82) is 0 Å². The Labute approximate surface area is 258 Å². The number of allylic oxidation sites excluding steroid dienone is 2. The van der Waals surface area contributed by atoms with Crippen LogP contribution >= 0.6 is 0 Å². The van der Waals surface area contributed by atoms with Crippen molar-refractivity contribution in [2.75, 3.05) is 13.1 Å². The van der Waals surface area contributed by atoms with E-state index in [4.69, 9.17) is 9.47 Å². The predicted molar refractivity (Wildman–Crippen MR) is 175 cm³/mol. The Kier molecular flexibility index (Phi) is 15.4. The summed E-state index contributed by atoms with van der Waals surface area (Å²) in [5.41, 5.74) is 1.63. The third kappa shape index (κ3) is 14.2. The molecule has 0 saturated heterocycles. The van der Waals surface area contributed by atoms with Gasteiger partial charge in [0.05, 0.1) is 0 Å². The fraction of sp³-hybridized carbons (Fsp3) is 0.500. The molecule has 2 aromatic rings. The number of carbonyl (C=O) groups excluding carboxylic acids is 2. The number of ketones is 2. The van der Waals surface area contributed by atoms with Crippen LogP contribution in [0.15, 0.2) is 54.6 Å². The topological polar surface area (TPSA) is 76.7 Å². The first-order chi connectivity index (χ1) is 20.3. The number of hydrogen-bond donors (Lipinski definition) is 2. The van der Waals surface area contributed by atoms with Gasteiger partial charge in [-0.3, -0.25) is 9.59 Å². The summed E-state index contributed by atoms with van der Waals surface area (Å²) in [5, 5.41) is 6.79. The van der Waals surface area contributed by atoms with E-state index in [1.165, 1.54) is 12.1 Å². The summed E-state index contributed by atoms with van der Waals surface area (Å²) in [6.45, 7) is 17.1. The molecule has 2 rings (SSSR count). The van der Waals surface area contributed by atoms with Crippen LogP contribution in [-0.4, -0.2) is 48.9 Å². The molecule has 43 heavy (non-hydrogen) atoms. The second kappa shape index (κ2) is 18.4. The van der Waals surface area contributed by atoms with Crippen LogP contribution in [0, 0.1) is 17.7 Å². The van der Waals surface area contributed by atoms with Crippen LogP contribution in [0.4, 0.5) is 4.39 Å². The lowest BCUT2D eigenvalue weighted by molar-refractivity contribution is -0.118. The molecule has 6 nitrogen and oxygen atoms in total. The molecule has 0 radical (unpaired) electrons. The van der Waals surface area contributed by atoms with Crippen molar-refractivity contribution in [1.82, 2.24) is 10.6 Å². The minimum absolute atomic E-state index is 0.0151. The standard InChI is InChI=1S/C36H51FN2O4/c1-24(2)34(40)18-15-31-14-17-33(37)36(21-31)43-29(8)23-39-27(6)13-12-26(5)35(41)19-16-30-10-9-11-32(20-30)42-28(7)22-38-25(3)4/h9-11,14-21,24-29,38-39H,12-13,22-23H2,1-8H3/b18-15+,19-16+/t26?,27?,28-,29+/m1/s1. The number of halogens is 1. The Morgan fingerprint density at radius 3 is 2.07 bits per heavy atom. The van der Waals surface area contributed by atoms with Crippen molar-refractivity contribution in [3.8, 4) is 11.5 Å². The Morgan fingerprint density at radius 2 is 1.40 bits per heavy atom. The zero-order valence-corrected chi connectivity index (χ0v) is 27.2. The van der Waals surface area contributed by atoms with Gasteiger partial charge in [0, 0.05) is 37.0 Å². The molecule has 236 valence electrons. The van der Waals surface area contributed by atoms with Gasteiger partial charge in [0.25, 0.3) is 0 Å². The summed E-state index contributed by atoms with van der Waals surface area (Å²) in [5.74, 6) is 0.396. The highest BCUT2D eigenvalue weighted by atomic mass is 19.1. The van der Waals surface area contributed by atoms with Gasteiger partial charge in [0.2, 0.25) is 0 Å². The Hall–Kier alpha value is -3.29. The largest absolute Gasteiger partial charge is 0.489 e. The van der Waals surface area contributed by atoms with E-state index in [0.29, 0.717) is 18.2 Å². The third-order valence-electron chi connectivity index (χ3n) is 7.01. The molecular weight excluding hydrogens is 543 g/mol. The summed E-state index contributed by atoms with van der Waals surface area (Å²) in [7, 11) is 0. The molecule has 7 heteroatoms. The van der Waals surface area contributed by atoms with Crippen LogP contribution in [-0.2, 0) is 9.59 Å². The first kappa shape index (κ1) is 35.9. The van der Waals surface area contributed by atoms with Gasteiger partial charge in [-0.1, -0.05) is 65.0 Å². The smallest absolute Gasteiger partial charge is 0.165 e. The van der Waals surface area contributed by atoms with E-state index in [0.717, 1.165) is 30.7 Å². The highest BCUT2D eigenvalue weighted by Crippen LogP contribution is 2.22. The molecule has 0 aliphatic carbocycles. The van der Waals surface area contributed by atoms with Crippen molar-refractivity contribution in [2.24, 2.45) is 11.8 Å². The first-order valence-electron chi connectivity index (χ1n) is 15.5. The minimum atomic E-state index is -0.444. The molecular formula is C36H51FN2O4. The third-order valence-corrected chi connectivity index (χ3v) is 7.01. The van der Waals surface area contributed by atoms with Gasteiger partial charge in [-0.05, 0) is 81.2 Å². The van der Waals surface area contributed by atoms with Gasteiger partial charge in [0.15, 0.2) is 23.1 Å². The van der Waals surface area contributed by atoms with E-state index in [1.54, 1.807) is 24.3 Å². The van der Waals surface area contributed by atoms with Crippen molar-refractivity contribution in [2.45, 2.75) is 92.5 Å². The quantitative estimate of drug-likeness (QED) is 0.167. The number of nitrogens with one attached hydrogen (secondary N) is 2. The van der Waals surface area contributed by atoms with Crippen molar-refractivity contribution < 1.29 is 23.5 Å². The van der Waals surface area contributed by atoms with Gasteiger partial charge >= 0.3 is 0 Å². The molecule has 0 saturated carbocycles. The van der Waals surface area contributed by atoms with E-state index in [9.17, 15) is 14.0 Å². The molecule has 2 aromatic carbocycles. The van der Waals surface area contributed by atoms with Crippen LogP contribution < -0.4 is 20.1 Å². The molecule has 0 aromatic heterocycles. The number of ether oxygens (including phenoxy) is 2. The van der Waals surface area contributed by atoms with Crippen LogP contribution in [0.1, 0.15) is 79.4 Å². The highest BCUT2D eigenvalue weighted by Gasteiger charge is 2.14. The van der Waals surface area contributed by atoms with Crippen LogP contribution in [0.2, 0.25) is 0 Å². The molecule has 0 spiro atoms. The van der Waals surface area contributed by atoms with Gasteiger partial charge in [0.1, 0.15) is 18.0 Å². The molecule has 0 bridgehead atoms. The molecule has 0 aliphatic rings. The Bertz CT molecular complexity index is 1220. The maximum Gasteiger partial charge on any atom is 0.165 e. The lowest BCUT2D eigenvalue weighted by atomic mass is 9.97. The van der Waals surface area contributed by atoms with Crippen molar-refractivity contribution in [3.05, 3.63) is 71.6 Å². The molecule has 0 aliphatic heterocycles. The lowest BCUT2D eigenvalue weighted by Gasteiger charge is -2.20. The molecule has 2 N–H and O–H groups in total. The molecule has 0 fully saturated rings. The summed E-state index contributed by atoms with van der Waals surface area (Å²) >= 11 is 0. The minimum Gasteiger partial charge on any atom is -0.489 e. The van der Waals surface area contributed by atoms with E-state index < -0.39 is 5.82 Å². The Morgan fingerprint density at radius 1 is 0.767 bits per heavy atom. The number of benzene rings is 2. The normalized spacial score (nSPS) is 14.8. The maximum atomic E-state index is 14.4. The fourth-order valence-corrected chi connectivity index (χ4v) is 4.16. The monoisotopic (exact) mass is 594 g/mol. The van der Waals surface area contributed by atoms with E-state index >= 15 is 0 Å². The lowest BCUT2D eigenvalue weighted by Crippen LogP contribution is -2.35. The Balaban J connectivity index is 1.78. The number of rotatable bonds is 19. The number of hydrogen-bond acceptors (Lipinski definition) is 6. The summed E-state index contributed by atoms with van der Waals surface area (Å²) in [6.07, 6.45) is 8.01. The molecule has 4 atom stereocenters. The van der Waals surface area contributed by atoms with Crippen LogP contribution in [0.25, 0.3) is 12.2 Å². The molecule has 2 unspecified atom stereocenters. The van der Waals surface area contributed by atoms with E-state index in [-0.39, 0.29) is 47.4 Å². The van der Waals surface area contributed by atoms with Gasteiger partial charge < -0.3 is 20.1 Å². The SMILES string of the molecule is CC(C)NC[C@@H](C)Oc1cccc(/C=C/C(=O)C(C)CCC(C)NC[C@H](C)Oc2cc(/C=C/C(=O)C(C)C)ccc2F)c1.